The first-order chi connectivity index (χ1) is 10.0. The summed E-state index contributed by atoms with van der Waals surface area (Å²) < 4.78 is 0. The fraction of sp³-hybridized carbons (Fsp3) is 0.643. The Bertz CT molecular complexity index is 506. The van der Waals surface area contributed by atoms with Gasteiger partial charge in [0.15, 0.2) is 5.13 Å². The normalized spacial score (nSPS) is 15.1. The minimum atomic E-state index is -0.897. The van der Waals surface area contributed by atoms with Crippen LogP contribution in [0.1, 0.15) is 37.3 Å². The first-order valence-electron chi connectivity index (χ1n) is 7.28. The number of thiazole rings is 1. The summed E-state index contributed by atoms with van der Waals surface area (Å²) in [6, 6.07) is -0.281. The number of rotatable bonds is 5. The summed E-state index contributed by atoms with van der Waals surface area (Å²) >= 11 is 1.53. The number of nitrogens with zero attached hydrogens (tertiary/aromatic N) is 2. The molecule has 0 saturated heterocycles. The van der Waals surface area contributed by atoms with Gasteiger partial charge < -0.3 is 10.0 Å². The van der Waals surface area contributed by atoms with Crippen molar-refractivity contribution in [1.29, 1.82) is 0 Å². The van der Waals surface area contributed by atoms with Crippen molar-refractivity contribution >= 4 is 28.5 Å². The molecule has 1 atom stereocenters. The first-order valence-corrected chi connectivity index (χ1v) is 8.10. The molecule has 21 heavy (non-hydrogen) atoms. The predicted molar refractivity (Wildman–Crippen MR) is 81.8 cm³/mol. The number of aliphatic carboxylic acids is 1. The fourth-order valence-electron chi connectivity index (χ4n) is 2.34. The Hall–Kier alpha value is -1.63. The lowest BCUT2D eigenvalue weighted by Crippen LogP contribution is -2.39. The highest BCUT2D eigenvalue weighted by Crippen LogP contribution is 2.29. The second-order valence-corrected chi connectivity index (χ2v) is 6.39. The molecule has 2 amide bonds. The van der Waals surface area contributed by atoms with Crippen LogP contribution in [0, 0.1) is 5.92 Å². The van der Waals surface area contributed by atoms with Gasteiger partial charge in [-0.05, 0) is 32.6 Å². The Morgan fingerprint density at radius 1 is 1.43 bits per heavy atom. The first kappa shape index (κ1) is 15.8. The molecular formula is C14H21N3O3S. The quantitative estimate of drug-likeness (QED) is 0.875. The largest absolute Gasteiger partial charge is 0.481 e. The van der Waals surface area contributed by atoms with Crippen molar-refractivity contribution in [1.82, 2.24) is 9.88 Å². The molecule has 0 bridgehead atoms. The number of hydrogen-bond donors (Lipinski definition) is 2. The van der Waals surface area contributed by atoms with Crippen molar-refractivity contribution in [2.24, 2.45) is 5.92 Å². The summed E-state index contributed by atoms with van der Waals surface area (Å²) in [5, 5.41) is 12.4. The number of urea groups is 1. The number of hydrogen-bond acceptors (Lipinski definition) is 4. The molecule has 0 spiro atoms. The van der Waals surface area contributed by atoms with Crippen LogP contribution < -0.4 is 5.32 Å². The lowest BCUT2D eigenvalue weighted by atomic mass is 10.0. The molecule has 1 unspecified atom stereocenters. The zero-order valence-electron chi connectivity index (χ0n) is 12.4. The van der Waals surface area contributed by atoms with Gasteiger partial charge in [0.25, 0.3) is 0 Å². The van der Waals surface area contributed by atoms with E-state index < -0.39 is 11.9 Å². The van der Waals surface area contributed by atoms with E-state index in [1.54, 1.807) is 6.92 Å². The summed E-state index contributed by atoms with van der Waals surface area (Å²) in [6.45, 7) is 4.10. The molecule has 1 heterocycles. The van der Waals surface area contributed by atoms with Gasteiger partial charge in [-0.25, -0.2) is 9.78 Å². The molecule has 6 nitrogen and oxygen atoms in total. The number of carbonyl (C=O) groups excluding carboxylic acids is 1. The number of aromatic nitrogens is 1. The van der Waals surface area contributed by atoms with Crippen LogP contribution in [0.4, 0.5) is 9.93 Å². The van der Waals surface area contributed by atoms with E-state index in [0.717, 1.165) is 25.0 Å². The number of carboxylic acids is 1. The maximum Gasteiger partial charge on any atom is 0.323 e. The van der Waals surface area contributed by atoms with Gasteiger partial charge in [0.1, 0.15) is 0 Å². The van der Waals surface area contributed by atoms with Gasteiger partial charge in [-0.2, -0.15) is 0 Å². The molecule has 1 aliphatic carbocycles. The Morgan fingerprint density at radius 3 is 2.76 bits per heavy atom. The van der Waals surface area contributed by atoms with E-state index in [1.807, 2.05) is 6.92 Å². The van der Waals surface area contributed by atoms with Gasteiger partial charge in [-0.3, -0.25) is 10.1 Å². The highest BCUT2D eigenvalue weighted by atomic mass is 32.1. The Labute approximate surface area is 128 Å². The second-order valence-electron chi connectivity index (χ2n) is 5.30. The number of carbonyl (C=O) groups is 2. The van der Waals surface area contributed by atoms with Crippen LogP contribution >= 0.6 is 11.3 Å². The minimum absolute atomic E-state index is 0.197. The van der Waals surface area contributed by atoms with Crippen molar-refractivity contribution in [3.8, 4) is 0 Å². The zero-order chi connectivity index (χ0) is 15.4. The second kappa shape index (κ2) is 6.89. The zero-order valence-corrected chi connectivity index (χ0v) is 13.2. The van der Waals surface area contributed by atoms with E-state index >= 15 is 0 Å². The smallest absolute Gasteiger partial charge is 0.323 e. The third-order valence-electron chi connectivity index (χ3n) is 3.64. The molecule has 2 rings (SSSR count). The molecule has 7 heteroatoms. The summed E-state index contributed by atoms with van der Waals surface area (Å²) in [4.78, 5) is 30.3. The molecule has 0 aromatic carbocycles. The highest BCUT2D eigenvalue weighted by Gasteiger charge is 2.21. The van der Waals surface area contributed by atoms with Crippen molar-refractivity contribution in [3.63, 3.8) is 0 Å². The van der Waals surface area contributed by atoms with Gasteiger partial charge in [0.2, 0.25) is 0 Å². The van der Waals surface area contributed by atoms with Crippen LogP contribution in [0.15, 0.2) is 0 Å². The predicted octanol–water partition coefficient (Wildman–Crippen LogP) is 2.60. The summed E-state index contributed by atoms with van der Waals surface area (Å²) in [5.74, 6) is -1.48. The van der Waals surface area contributed by atoms with Crippen molar-refractivity contribution in [3.05, 3.63) is 10.6 Å². The minimum Gasteiger partial charge on any atom is -0.481 e. The van der Waals surface area contributed by atoms with E-state index in [2.05, 4.69) is 10.3 Å². The number of fused-ring (bicyclic) bond motifs is 1. The van der Waals surface area contributed by atoms with E-state index in [9.17, 15) is 9.59 Å². The Balaban J connectivity index is 1.98. The monoisotopic (exact) mass is 311 g/mol. The third-order valence-corrected chi connectivity index (χ3v) is 4.72. The summed E-state index contributed by atoms with van der Waals surface area (Å²) in [6.07, 6.45) is 4.35. The summed E-state index contributed by atoms with van der Waals surface area (Å²) in [7, 11) is 0. The third kappa shape index (κ3) is 3.93. The van der Waals surface area contributed by atoms with Gasteiger partial charge in [-0.15, -0.1) is 11.3 Å². The molecule has 0 saturated carbocycles. The average Bonchev–Trinajstić information content (AvgIpc) is 2.86. The Morgan fingerprint density at radius 2 is 2.14 bits per heavy atom. The molecule has 0 fully saturated rings. The van der Waals surface area contributed by atoms with Crippen LogP contribution in [-0.4, -0.2) is 40.1 Å². The number of amides is 2. The van der Waals surface area contributed by atoms with E-state index in [-0.39, 0.29) is 12.6 Å². The topological polar surface area (TPSA) is 82.5 Å². The van der Waals surface area contributed by atoms with Crippen molar-refractivity contribution < 1.29 is 14.7 Å². The van der Waals surface area contributed by atoms with Gasteiger partial charge in [0.05, 0.1) is 11.6 Å². The number of aryl methyl sites for hydroxylation is 2. The van der Waals surface area contributed by atoms with Crippen LogP contribution in [-0.2, 0) is 17.6 Å². The molecule has 1 aliphatic rings. The lowest BCUT2D eigenvalue weighted by molar-refractivity contribution is -0.141. The van der Waals surface area contributed by atoms with Crippen molar-refractivity contribution in [2.75, 3.05) is 18.4 Å². The number of carboxylic acid groups (broad SMARTS) is 1. The maximum atomic E-state index is 12.2. The maximum absolute atomic E-state index is 12.2. The number of nitrogens with one attached hydrogen (secondary N) is 1. The van der Waals surface area contributed by atoms with E-state index in [1.165, 1.54) is 27.5 Å². The van der Waals surface area contributed by atoms with Crippen LogP contribution in [0.25, 0.3) is 0 Å². The molecule has 0 radical (unpaired) electrons. The molecule has 2 N–H and O–H groups in total. The highest BCUT2D eigenvalue weighted by molar-refractivity contribution is 7.15. The standard InChI is InChI=1S/C14H21N3O3S/c1-3-17(8-9(2)12(18)19)14(20)16-13-15-10-6-4-5-7-11(10)21-13/h9H,3-8H2,1-2H3,(H,18,19)(H,15,16,20). The van der Waals surface area contributed by atoms with E-state index in [4.69, 9.17) is 5.11 Å². The van der Waals surface area contributed by atoms with Crippen molar-refractivity contribution in [2.45, 2.75) is 39.5 Å². The Kier molecular flexibility index (Phi) is 5.17. The molecule has 1 aromatic rings. The molecule has 116 valence electrons. The summed E-state index contributed by atoms with van der Waals surface area (Å²) in [5.41, 5.74) is 1.10. The van der Waals surface area contributed by atoms with Crippen LogP contribution in [0.5, 0.6) is 0 Å². The molecule has 1 aromatic heterocycles. The SMILES string of the molecule is CCN(CC(C)C(=O)O)C(=O)Nc1nc2c(s1)CCCC2. The van der Waals surface area contributed by atoms with E-state index in [0.29, 0.717) is 11.7 Å². The van der Waals surface area contributed by atoms with Gasteiger partial charge >= 0.3 is 12.0 Å². The van der Waals surface area contributed by atoms with Crippen LogP contribution in [0.3, 0.4) is 0 Å². The fourth-order valence-corrected chi connectivity index (χ4v) is 3.38. The molecular weight excluding hydrogens is 290 g/mol. The average molecular weight is 311 g/mol. The van der Waals surface area contributed by atoms with Gasteiger partial charge in [0, 0.05) is 18.0 Å². The molecule has 0 aliphatic heterocycles. The number of anilines is 1. The van der Waals surface area contributed by atoms with Gasteiger partial charge in [-0.1, -0.05) is 6.92 Å². The van der Waals surface area contributed by atoms with Crippen LogP contribution in [0.2, 0.25) is 0 Å². The lowest BCUT2D eigenvalue weighted by Gasteiger charge is -2.22.